The molecule has 0 saturated heterocycles. The van der Waals surface area contributed by atoms with Gasteiger partial charge in [0, 0.05) is 0 Å². The van der Waals surface area contributed by atoms with Gasteiger partial charge in [-0.1, -0.05) is 36.0 Å². The van der Waals surface area contributed by atoms with Crippen molar-refractivity contribution in [3.8, 4) is 0 Å². The second kappa shape index (κ2) is 5.39. The average Bonchev–Trinajstić information content (AvgIpc) is 2.73. The van der Waals surface area contributed by atoms with Crippen molar-refractivity contribution < 1.29 is 14.6 Å². The lowest BCUT2D eigenvalue weighted by atomic mass is 10.3. The highest BCUT2D eigenvalue weighted by molar-refractivity contribution is 8.13. The Hall–Kier alpha value is -1.24. The highest BCUT2D eigenvalue weighted by Gasteiger charge is 2.25. The zero-order chi connectivity index (χ0) is 12.3. The van der Waals surface area contributed by atoms with Crippen LogP contribution in [0, 0.1) is 0 Å². The van der Waals surface area contributed by atoms with E-state index >= 15 is 0 Å². The molecule has 5 nitrogen and oxygen atoms in total. The monoisotopic (exact) mass is 254 g/mol. The highest BCUT2D eigenvalue weighted by Crippen LogP contribution is 2.32. The number of hydrogen-bond donors (Lipinski definition) is 1. The predicted octanol–water partition coefficient (Wildman–Crippen LogP) is 2.36. The number of nitrogens with one attached hydrogen (secondary N) is 1. The first kappa shape index (κ1) is 12.2. The second-order valence-corrected chi connectivity index (χ2v) is 4.74. The summed E-state index contributed by atoms with van der Waals surface area (Å²) < 4.78 is 0. The van der Waals surface area contributed by atoms with E-state index in [1.54, 1.807) is 6.92 Å². The van der Waals surface area contributed by atoms with Crippen LogP contribution in [0.2, 0.25) is 0 Å². The summed E-state index contributed by atoms with van der Waals surface area (Å²) in [6.07, 6.45) is -0.548. The largest absolute Gasteiger partial charge is 0.284 e. The first-order chi connectivity index (χ1) is 8.22. The van der Waals surface area contributed by atoms with Crippen LogP contribution in [0.15, 0.2) is 24.3 Å². The molecule has 1 atom stereocenters. The number of rotatable bonds is 4. The van der Waals surface area contributed by atoms with Crippen molar-refractivity contribution in [3.05, 3.63) is 24.3 Å². The fraction of sp³-hybridized carbons (Fsp3) is 0.364. The Morgan fingerprint density at radius 3 is 3.12 bits per heavy atom. The molecule has 0 spiro atoms. The van der Waals surface area contributed by atoms with Crippen LogP contribution in [-0.2, 0) is 14.6 Å². The van der Waals surface area contributed by atoms with Gasteiger partial charge in [0.15, 0.2) is 6.10 Å². The smallest absolute Gasteiger partial charge is 0.220 e. The maximum absolute atomic E-state index is 11.6. The van der Waals surface area contributed by atoms with Crippen LogP contribution in [-0.4, -0.2) is 17.0 Å². The molecule has 0 bridgehead atoms. The summed E-state index contributed by atoms with van der Waals surface area (Å²) >= 11 is 1.24. The van der Waals surface area contributed by atoms with Crippen LogP contribution < -0.4 is 10.7 Å². The van der Waals surface area contributed by atoms with Gasteiger partial charge < -0.3 is 0 Å². The summed E-state index contributed by atoms with van der Waals surface area (Å²) in [5.74, 6) is 0.738. The number of carbonyl (C=O) groups excluding carboxylic acids is 1. The van der Waals surface area contributed by atoms with Crippen molar-refractivity contribution in [2.45, 2.75) is 20.0 Å². The standard InChI is InChI=1S/C11H14N2O3S/c1-3-17-11(14)8(2)15-13-10-7-5-4-6-9(10)12-16-13/h4-8,12H,3H2,1-2H3. The van der Waals surface area contributed by atoms with E-state index in [0.29, 0.717) is 0 Å². The molecular formula is C11H14N2O3S. The van der Waals surface area contributed by atoms with E-state index in [0.717, 1.165) is 17.1 Å². The number of nitrogens with zero attached hydrogens (tertiary/aromatic N) is 1. The molecule has 1 aromatic carbocycles. The van der Waals surface area contributed by atoms with Gasteiger partial charge in [-0.05, 0) is 24.8 Å². The number of carbonyl (C=O) groups is 1. The van der Waals surface area contributed by atoms with Gasteiger partial charge in [0.2, 0.25) is 5.12 Å². The maximum Gasteiger partial charge on any atom is 0.220 e. The molecule has 0 saturated carbocycles. The van der Waals surface area contributed by atoms with Crippen LogP contribution in [0.1, 0.15) is 13.8 Å². The SMILES string of the molecule is CCSC(=O)C(C)ON1ONc2ccccc21. The zero-order valence-corrected chi connectivity index (χ0v) is 10.5. The van der Waals surface area contributed by atoms with Gasteiger partial charge in [0.25, 0.3) is 0 Å². The third kappa shape index (κ3) is 2.71. The van der Waals surface area contributed by atoms with Crippen molar-refractivity contribution >= 4 is 28.3 Å². The van der Waals surface area contributed by atoms with E-state index in [1.807, 2.05) is 31.2 Å². The normalized spacial score (nSPS) is 15.3. The van der Waals surface area contributed by atoms with Gasteiger partial charge in [-0.2, -0.15) is 0 Å². The van der Waals surface area contributed by atoms with Gasteiger partial charge in [-0.15, -0.1) is 4.94 Å². The van der Waals surface area contributed by atoms with E-state index in [9.17, 15) is 4.79 Å². The summed E-state index contributed by atoms with van der Waals surface area (Å²) in [6.45, 7) is 3.63. The van der Waals surface area contributed by atoms with E-state index in [4.69, 9.17) is 9.78 Å². The molecule has 1 N–H and O–H groups in total. The van der Waals surface area contributed by atoms with Crippen LogP contribution in [0.25, 0.3) is 0 Å². The molecule has 0 aromatic heterocycles. The quantitative estimate of drug-likeness (QED) is 0.890. The molecule has 1 aliphatic heterocycles. The summed E-state index contributed by atoms with van der Waals surface area (Å²) in [6, 6.07) is 7.48. The average molecular weight is 254 g/mol. The van der Waals surface area contributed by atoms with E-state index in [1.165, 1.54) is 17.0 Å². The fourth-order valence-corrected chi connectivity index (χ4v) is 1.95. The number of fused-ring (bicyclic) bond motifs is 1. The van der Waals surface area contributed by atoms with Crippen molar-refractivity contribution in [1.29, 1.82) is 0 Å². The van der Waals surface area contributed by atoms with Crippen LogP contribution >= 0.6 is 11.8 Å². The third-order valence-corrected chi connectivity index (χ3v) is 3.12. The van der Waals surface area contributed by atoms with E-state index < -0.39 is 6.10 Å². The second-order valence-electron chi connectivity index (χ2n) is 3.47. The van der Waals surface area contributed by atoms with Crippen LogP contribution in [0.3, 0.4) is 0 Å². The number of thioether (sulfide) groups is 1. The Kier molecular flexibility index (Phi) is 3.88. The third-order valence-electron chi connectivity index (χ3n) is 2.21. The Labute approximate surface area is 104 Å². The van der Waals surface area contributed by atoms with Crippen molar-refractivity contribution in [1.82, 2.24) is 0 Å². The first-order valence-corrected chi connectivity index (χ1v) is 6.36. The predicted molar refractivity (Wildman–Crippen MR) is 67.3 cm³/mol. The number of benzene rings is 1. The molecule has 2 rings (SSSR count). The number of para-hydroxylation sites is 2. The molecule has 0 fully saturated rings. The molecular weight excluding hydrogens is 240 g/mol. The topological polar surface area (TPSA) is 50.8 Å². The fourth-order valence-electron chi connectivity index (χ4n) is 1.38. The molecule has 17 heavy (non-hydrogen) atoms. The van der Waals surface area contributed by atoms with Crippen LogP contribution in [0.5, 0.6) is 0 Å². The van der Waals surface area contributed by atoms with Gasteiger partial charge >= 0.3 is 0 Å². The van der Waals surface area contributed by atoms with Crippen molar-refractivity contribution in [2.24, 2.45) is 0 Å². The molecule has 0 amide bonds. The number of hydrogen-bond acceptors (Lipinski definition) is 6. The Balaban J connectivity index is 1.99. The number of anilines is 2. The van der Waals surface area contributed by atoms with E-state index in [2.05, 4.69) is 5.48 Å². The van der Waals surface area contributed by atoms with Gasteiger partial charge in [-0.3, -0.25) is 4.79 Å². The molecule has 6 heteroatoms. The molecule has 92 valence electrons. The minimum atomic E-state index is -0.548. The van der Waals surface area contributed by atoms with Crippen molar-refractivity contribution in [3.63, 3.8) is 0 Å². The van der Waals surface area contributed by atoms with E-state index in [-0.39, 0.29) is 5.12 Å². The summed E-state index contributed by atoms with van der Waals surface area (Å²) in [7, 11) is 0. The molecule has 1 aromatic rings. The molecule has 0 radical (unpaired) electrons. The maximum atomic E-state index is 11.6. The zero-order valence-electron chi connectivity index (χ0n) is 9.67. The molecule has 1 aliphatic rings. The first-order valence-electron chi connectivity index (χ1n) is 5.38. The minimum absolute atomic E-state index is 0.0134. The Morgan fingerprint density at radius 1 is 1.59 bits per heavy atom. The lowest BCUT2D eigenvalue weighted by Gasteiger charge is -2.18. The summed E-state index contributed by atoms with van der Waals surface area (Å²) in [5, 5.41) is 1.22. The van der Waals surface area contributed by atoms with Crippen molar-refractivity contribution in [2.75, 3.05) is 16.5 Å². The summed E-state index contributed by atoms with van der Waals surface area (Å²) in [5.41, 5.74) is 4.28. The summed E-state index contributed by atoms with van der Waals surface area (Å²) in [4.78, 5) is 22.1. The minimum Gasteiger partial charge on any atom is -0.284 e. The molecule has 0 aliphatic carbocycles. The molecule has 1 unspecified atom stereocenters. The van der Waals surface area contributed by atoms with Gasteiger partial charge in [0.1, 0.15) is 5.69 Å². The lowest BCUT2D eigenvalue weighted by Crippen LogP contribution is -2.30. The molecule has 1 heterocycles. The van der Waals surface area contributed by atoms with Crippen LogP contribution in [0.4, 0.5) is 11.4 Å². The van der Waals surface area contributed by atoms with Gasteiger partial charge in [-0.25, -0.2) is 10.3 Å². The Morgan fingerprint density at radius 2 is 2.35 bits per heavy atom. The highest BCUT2D eigenvalue weighted by atomic mass is 32.2. The Bertz CT molecular complexity index is 413. The lowest BCUT2D eigenvalue weighted by molar-refractivity contribution is -0.134. The van der Waals surface area contributed by atoms with Gasteiger partial charge in [0.05, 0.1) is 5.69 Å².